The molecule has 0 radical (unpaired) electrons. The lowest BCUT2D eigenvalue weighted by Gasteiger charge is -2.19. The lowest BCUT2D eigenvalue weighted by molar-refractivity contribution is -0.484. The van der Waals surface area contributed by atoms with Crippen LogP contribution in [0.1, 0.15) is 18.4 Å². The Morgan fingerprint density at radius 1 is 1.48 bits per heavy atom. The van der Waals surface area contributed by atoms with Crippen molar-refractivity contribution in [1.82, 2.24) is 0 Å². The van der Waals surface area contributed by atoms with Gasteiger partial charge in [-0.25, -0.2) is 0 Å². The summed E-state index contributed by atoms with van der Waals surface area (Å²) in [5, 5.41) is 20.1. The van der Waals surface area contributed by atoms with Gasteiger partial charge in [0, 0.05) is 10.5 Å². The SMILES string of the molecule is CCOC(=O)[C@@H](C#N)[C@@H](C[N+](=O)[O-])c1ccccc1OC. The van der Waals surface area contributed by atoms with Gasteiger partial charge in [0.2, 0.25) is 6.54 Å². The fourth-order valence-corrected chi connectivity index (χ4v) is 2.06. The number of nitriles is 1. The van der Waals surface area contributed by atoms with Gasteiger partial charge in [0.25, 0.3) is 0 Å². The summed E-state index contributed by atoms with van der Waals surface area (Å²) in [6, 6.07) is 8.42. The highest BCUT2D eigenvalue weighted by Gasteiger charge is 2.36. The molecule has 0 aliphatic carbocycles. The van der Waals surface area contributed by atoms with Gasteiger partial charge in [0.15, 0.2) is 5.92 Å². The maximum atomic E-state index is 11.9. The standard InChI is InChI=1S/C14H16N2O5/c1-3-21-14(17)11(8-15)12(9-16(18)19)10-6-4-5-7-13(10)20-2/h4-7,11-12H,3,9H2,1-2H3/t11-,12-/m0/s1. The fraction of sp³-hybridized carbons (Fsp3) is 0.429. The van der Waals surface area contributed by atoms with Crippen molar-refractivity contribution in [3.8, 4) is 11.8 Å². The summed E-state index contributed by atoms with van der Waals surface area (Å²) < 4.78 is 9.99. The first-order valence-corrected chi connectivity index (χ1v) is 6.36. The summed E-state index contributed by atoms with van der Waals surface area (Å²) in [6.45, 7) is 1.16. The second-order valence-electron chi connectivity index (χ2n) is 4.22. The van der Waals surface area contributed by atoms with Crippen molar-refractivity contribution in [3.05, 3.63) is 39.9 Å². The van der Waals surface area contributed by atoms with Crippen molar-refractivity contribution in [2.75, 3.05) is 20.3 Å². The predicted octanol–water partition coefficient (Wildman–Crippen LogP) is 1.76. The van der Waals surface area contributed by atoms with Gasteiger partial charge in [-0.15, -0.1) is 0 Å². The highest BCUT2D eigenvalue weighted by atomic mass is 16.6. The van der Waals surface area contributed by atoms with E-state index in [0.29, 0.717) is 11.3 Å². The molecule has 0 fully saturated rings. The summed E-state index contributed by atoms with van der Waals surface area (Å²) in [4.78, 5) is 22.2. The van der Waals surface area contributed by atoms with Crippen molar-refractivity contribution in [2.45, 2.75) is 12.8 Å². The zero-order valence-electron chi connectivity index (χ0n) is 11.8. The van der Waals surface area contributed by atoms with E-state index in [1.807, 2.05) is 6.07 Å². The smallest absolute Gasteiger partial charge is 0.324 e. The number of nitro groups is 1. The van der Waals surface area contributed by atoms with Crippen molar-refractivity contribution in [3.63, 3.8) is 0 Å². The molecule has 2 atom stereocenters. The number of methoxy groups -OCH3 is 1. The highest BCUT2D eigenvalue weighted by molar-refractivity contribution is 5.76. The number of rotatable bonds is 7. The molecule has 0 N–H and O–H groups in total. The molecule has 0 unspecified atom stereocenters. The van der Waals surface area contributed by atoms with Gasteiger partial charge in [0.1, 0.15) is 5.75 Å². The Morgan fingerprint density at radius 3 is 2.67 bits per heavy atom. The lowest BCUT2D eigenvalue weighted by Crippen LogP contribution is -2.28. The molecule has 1 aromatic rings. The number of para-hydroxylation sites is 1. The monoisotopic (exact) mass is 292 g/mol. The van der Waals surface area contributed by atoms with Gasteiger partial charge in [0.05, 0.1) is 25.7 Å². The predicted molar refractivity (Wildman–Crippen MR) is 73.3 cm³/mol. The number of carbonyl (C=O) groups excluding carboxylic acids is 1. The number of benzene rings is 1. The molecule has 0 saturated carbocycles. The minimum absolute atomic E-state index is 0.105. The number of hydrogen-bond acceptors (Lipinski definition) is 6. The number of carbonyl (C=O) groups is 1. The molecule has 0 amide bonds. The zero-order valence-corrected chi connectivity index (χ0v) is 11.8. The van der Waals surface area contributed by atoms with Crippen LogP contribution >= 0.6 is 0 Å². The van der Waals surface area contributed by atoms with Gasteiger partial charge in [-0.3, -0.25) is 14.9 Å². The fourth-order valence-electron chi connectivity index (χ4n) is 2.06. The van der Waals surface area contributed by atoms with Crippen molar-refractivity contribution in [1.29, 1.82) is 5.26 Å². The van der Waals surface area contributed by atoms with E-state index in [1.165, 1.54) is 7.11 Å². The summed E-state index contributed by atoms with van der Waals surface area (Å²) in [5.41, 5.74) is 0.441. The third-order valence-electron chi connectivity index (χ3n) is 2.97. The van der Waals surface area contributed by atoms with Gasteiger partial charge >= 0.3 is 5.97 Å². The Morgan fingerprint density at radius 2 is 2.14 bits per heavy atom. The number of esters is 1. The van der Waals surface area contributed by atoms with Gasteiger partial charge in [-0.2, -0.15) is 5.26 Å². The first-order valence-electron chi connectivity index (χ1n) is 6.36. The first-order chi connectivity index (χ1) is 10.0. The maximum Gasteiger partial charge on any atom is 0.324 e. The van der Waals surface area contributed by atoms with Crippen LogP contribution in [-0.2, 0) is 9.53 Å². The maximum absolute atomic E-state index is 11.9. The molecule has 0 bridgehead atoms. The van der Waals surface area contributed by atoms with Crippen LogP contribution in [-0.4, -0.2) is 31.2 Å². The van der Waals surface area contributed by atoms with E-state index in [1.54, 1.807) is 31.2 Å². The average Bonchev–Trinajstić information content (AvgIpc) is 2.47. The normalized spacial score (nSPS) is 12.8. The van der Waals surface area contributed by atoms with Crippen LogP contribution in [0.3, 0.4) is 0 Å². The van der Waals surface area contributed by atoms with E-state index in [-0.39, 0.29) is 6.61 Å². The molecule has 7 heteroatoms. The van der Waals surface area contributed by atoms with Gasteiger partial charge < -0.3 is 9.47 Å². The quantitative estimate of drug-likeness (QED) is 0.431. The number of ether oxygens (including phenoxy) is 2. The summed E-state index contributed by atoms with van der Waals surface area (Å²) >= 11 is 0. The molecule has 1 aromatic carbocycles. The highest BCUT2D eigenvalue weighted by Crippen LogP contribution is 2.32. The molecule has 0 aliphatic rings. The first kappa shape index (κ1) is 16.4. The Bertz CT molecular complexity index is 553. The summed E-state index contributed by atoms with van der Waals surface area (Å²) in [5.74, 6) is -2.56. The Hall–Kier alpha value is -2.62. The molecule has 0 saturated heterocycles. The van der Waals surface area contributed by atoms with E-state index >= 15 is 0 Å². The van der Waals surface area contributed by atoms with E-state index in [9.17, 15) is 20.2 Å². The topological polar surface area (TPSA) is 102 Å². The Kier molecular flexibility index (Phi) is 6.14. The van der Waals surface area contributed by atoms with Crippen molar-refractivity contribution >= 4 is 5.97 Å². The summed E-state index contributed by atoms with van der Waals surface area (Å²) in [7, 11) is 1.42. The molecule has 0 aliphatic heterocycles. The minimum Gasteiger partial charge on any atom is -0.496 e. The third-order valence-corrected chi connectivity index (χ3v) is 2.97. The average molecular weight is 292 g/mol. The van der Waals surface area contributed by atoms with Crippen LogP contribution in [0, 0.1) is 27.4 Å². The van der Waals surface area contributed by atoms with E-state index in [4.69, 9.17) is 9.47 Å². The minimum atomic E-state index is -1.26. The van der Waals surface area contributed by atoms with Crippen molar-refractivity contribution in [2.24, 2.45) is 5.92 Å². The third kappa shape index (κ3) is 4.18. The number of nitrogens with zero attached hydrogens (tertiary/aromatic N) is 2. The van der Waals surface area contributed by atoms with Crippen LogP contribution in [0.4, 0.5) is 0 Å². The van der Waals surface area contributed by atoms with Crippen LogP contribution < -0.4 is 4.74 Å². The van der Waals surface area contributed by atoms with Crippen LogP contribution in [0.25, 0.3) is 0 Å². The second-order valence-corrected chi connectivity index (χ2v) is 4.22. The largest absolute Gasteiger partial charge is 0.496 e. The van der Waals surface area contributed by atoms with Crippen LogP contribution in [0.2, 0.25) is 0 Å². The molecule has 0 aromatic heterocycles. The van der Waals surface area contributed by atoms with Gasteiger partial charge in [-0.05, 0) is 13.0 Å². The summed E-state index contributed by atoms with van der Waals surface area (Å²) in [6.07, 6.45) is 0. The molecule has 7 nitrogen and oxygen atoms in total. The molecule has 1 rings (SSSR count). The van der Waals surface area contributed by atoms with E-state index < -0.39 is 29.3 Å². The van der Waals surface area contributed by atoms with Crippen LogP contribution in [0.15, 0.2) is 24.3 Å². The Balaban J connectivity index is 3.24. The Labute approximate surface area is 122 Å². The molecule has 21 heavy (non-hydrogen) atoms. The molecule has 0 heterocycles. The molecular weight excluding hydrogens is 276 g/mol. The van der Waals surface area contributed by atoms with Crippen LogP contribution in [0.5, 0.6) is 5.75 Å². The van der Waals surface area contributed by atoms with E-state index in [2.05, 4.69) is 0 Å². The number of hydrogen-bond donors (Lipinski definition) is 0. The molecular formula is C14H16N2O5. The molecule has 0 spiro atoms. The second kappa shape index (κ2) is 7.85. The van der Waals surface area contributed by atoms with Crippen molar-refractivity contribution < 1.29 is 19.2 Å². The van der Waals surface area contributed by atoms with E-state index in [0.717, 1.165) is 0 Å². The van der Waals surface area contributed by atoms with Gasteiger partial charge in [-0.1, -0.05) is 18.2 Å². The lowest BCUT2D eigenvalue weighted by atomic mass is 9.86. The zero-order chi connectivity index (χ0) is 15.8. The molecule has 112 valence electrons.